The van der Waals surface area contributed by atoms with Crippen molar-refractivity contribution in [1.82, 2.24) is 20.2 Å². The Hall–Kier alpha value is -2.53. The van der Waals surface area contributed by atoms with Gasteiger partial charge in [-0.15, -0.1) is 11.3 Å². The number of fused-ring (bicyclic) bond motifs is 1. The minimum absolute atomic E-state index is 0.0103. The zero-order valence-corrected chi connectivity index (χ0v) is 17.5. The molecule has 0 atom stereocenters. The molecular weight excluding hydrogens is 431 g/mol. The summed E-state index contributed by atoms with van der Waals surface area (Å²) >= 11 is 7.05. The number of nitrogens with one attached hydrogen (secondary N) is 2. The molecule has 30 heavy (non-hydrogen) atoms. The number of aromatic nitrogens is 2. The van der Waals surface area contributed by atoms with Crippen molar-refractivity contribution in [2.24, 2.45) is 0 Å². The van der Waals surface area contributed by atoms with Crippen LogP contribution in [0.1, 0.15) is 9.67 Å². The molecule has 1 aromatic carbocycles. The summed E-state index contributed by atoms with van der Waals surface area (Å²) in [5.41, 5.74) is 7.13. The second kappa shape index (κ2) is 9.09. The molecule has 0 unspecified atom stereocenters. The molecule has 0 saturated carbocycles. The Kier molecular flexibility index (Phi) is 6.28. The van der Waals surface area contributed by atoms with E-state index in [1.165, 1.54) is 35.9 Å². The minimum Gasteiger partial charge on any atom is -0.397 e. The SMILES string of the molecule is Nc1c(C(=O)NCCN2CCOCC2)sc2ncnc(Nc3ccc(F)c(Cl)c3)c12. The number of nitrogens with two attached hydrogens (primary N) is 1. The van der Waals surface area contributed by atoms with E-state index in [4.69, 9.17) is 22.1 Å². The van der Waals surface area contributed by atoms with Gasteiger partial charge >= 0.3 is 0 Å². The van der Waals surface area contributed by atoms with Crippen LogP contribution in [0.2, 0.25) is 5.02 Å². The quantitative estimate of drug-likeness (QED) is 0.530. The highest BCUT2D eigenvalue weighted by atomic mass is 35.5. The fourth-order valence-electron chi connectivity index (χ4n) is 3.16. The second-order valence-corrected chi connectivity index (χ2v) is 8.12. The number of anilines is 3. The standard InChI is InChI=1S/C19H20ClFN6O2S/c20-12-9-11(1-2-13(12)21)26-17-14-15(22)16(30-19(14)25-10-24-17)18(28)23-3-4-27-5-7-29-8-6-27/h1-2,9-10H,3-8,22H2,(H,23,28)(H,24,25,26). The highest BCUT2D eigenvalue weighted by Crippen LogP contribution is 2.37. The normalized spacial score (nSPS) is 14.7. The fourth-order valence-corrected chi connectivity index (χ4v) is 4.32. The van der Waals surface area contributed by atoms with E-state index in [0.717, 1.165) is 19.6 Å². The number of ether oxygens (including phenoxy) is 1. The van der Waals surface area contributed by atoms with Crippen LogP contribution >= 0.6 is 22.9 Å². The zero-order chi connectivity index (χ0) is 21.1. The van der Waals surface area contributed by atoms with E-state index in [1.807, 2.05) is 0 Å². The van der Waals surface area contributed by atoms with Crippen LogP contribution in [0.25, 0.3) is 10.2 Å². The van der Waals surface area contributed by atoms with Crippen molar-refractivity contribution in [2.75, 3.05) is 50.4 Å². The molecule has 11 heteroatoms. The molecule has 2 aromatic heterocycles. The van der Waals surface area contributed by atoms with E-state index in [2.05, 4.69) is 25.5 Å². The Morgan fingerprint density at radius 2 is 2.13 bits per heavy atom. The van der Waals surface area contributed by atoms with Crippen LogP contribution in [-0.4, -0.2) is 60.2 Å². The van der Waals surface area contributed by atoms with Gasteiger partial charge in [0.1, 0.15) is 27.7 Å². The molecule has 4 N–H and O–H groups in total. The predicted octanol–water partition coefficient (Wildman–Crippen LogP) is 2.87. The van der Waals surface area contributed by atoms with Crippen molar-refractivity contribution in [2.45, 2.75) is 0 Å². The van der Waals surface area contributed by atoms with Crippen LogP contribution in [0, 0.1) is 5.82 Å². The lowest BCUT2D eigenvalue weighted by Gasteiger charge is -2.26. The molecule has 0 aliphatic carbocycles. The van der Waals surface area contributed by atoms with E-state index in [0.29, 0.717) is 52.0 Å². The van der Waals surface area contributed by atoms with Gasteiger partial charge in [-0.1, -0.05) is 11.6 Å². The lowest BCUT2D eigenvalue weighted by molar-refractivity contribution is 0.0383. The number of carbonyl (C=O) groups excluding carboxylic acids is 1. The second-order valence-electron chi connectivity index (χ2n) is 6.71. The molecule has 3 aromatic rings. The van der Waals surface area contributed by atoms with Crippen LogP contribution in [-0.2, 0) is 4.74 Å². The first-order valence-corrected chi connectivity index (χ1v) is 10.6. The molecule has 1 fully saturated rings. The Morgan fingerprint density at radius 1 is 1.33 bits per heavy atom. The highest BCUT2D eigenvalue weighted by molar-refractivity contribution is 7.21. The van der Waals surface area contributed by atoms with Gasteiger partial charge in [-0.25, -0.2) is 14.4 Å². The molecule has 0 spiro atoms. The number of hydrogen-bond acceptors (Lipinski definition) is 8. The van der Waals surface area contributed by atoms with Gasteiger partial charge in [0, 0.05) is 31.9 Å². The molecule has 158 valence electrons. The van der Waals surface area contributed by atoms with E-state index >= 15 is 0 Å². The first-order valence-electron chi connectivity index (χ1n) is 9.36. The summed E-state index contributed by atoms with van der Waals surface area (Å²) in [4.78, 5) is 24.3. The van der Waals surface area contributed by atoms with E-state index < -0.39 is 5.82 Å². The maximum Gasteiger partial charge on any atom is 0.263 e. The Morgan fingerprint density at radius 3 is 2.90 bits per heavy atom. The monoisotopic (exact) mass is 450 g/mol. The Balaban J connectivity index is 1.50. The summed E-state index contributed by atoms with van der Waals surface area (Å²) in [6.07, 6.45) is 1.38. The van der Waals surface area contributed by atoms with Crippen molar-refractivity contribution < 1.29 is 13.9 Å². The number of rotatable bonds is 6. The van der Waals surface area contributed by atoms with E-state index in [1.54, 1.807) is 0 Å². The molecule has 4 rings (SSSR count). The van der Waals surface area contributed by atoms with E-state index in [9.17, 15) is 9.18 Å². The molecule has 1 saturated heterocycles. The van der Waals surface area contributed by atoms with Gasteiger partial charge in [0.15, 0.2) is 0 Å². The summed E-state index contributed by atoms with van der Waals surface area (Å²) in [6, 6.07) is 4.25. The van der Waals surface area contributed by atoms with Crippen LogP contribution in [0.15, 0.2) is 24.5 Å². The number of nitrogens with zero attached hydrogens (tertiary/aromatic N) is 3. The van der Waals surface area contributed by atoms with Gasteiger partial charge in [-0.3, -0.25) is 9.69 Å². The van der Waals surface area contributed by atoms with Crippen molar-refractivity contribution >= 4 is 56.3 Å². The van der Waals surface area contributed by atoms with Gasteiger partial charge in [-0.2, -0.15) is 0 Å². The number of benzene rings is 1. The van der Waals surface area contributed by atoms with Crippen molar-refractivity contribution in [3.8, 4) is 0 Å². The number of thiophene rings is 1. The van der Waals surface area contributed by atoms with Crippen LogP contribution in [0.3, 0.4) is 0 Å². The smallest absolute Gasteiger partial charge is 0.263 e. The zero-order valence-electron chi connectivity index (χ0n) is 16.0. The summed E-state index contributed by atoms with van der Waals surface area (Å²) in [5, 5.41) is 6.51. The average molecular weight is 451 g/mol. The number of amides is 1. The summed E-state index contributed by atoms with van der Waals surface area (Å²) in [5.74, 6) is -0.343. The molecule has 1 aliphatic rings. The minimum atomic E-state index is -0.513. The van der Waals surface area contributed by atoms with Crippen molar-refractivity contribution in [1.29, 1.82) is 0 Å². The third-order valence-corrected chi connectivity index (χ3v) is 6.13. The topological polar surface area (TPSA) is 105 Å². The summed E-state index contributed by atoms with van der Waals surface area (Å²) in [6.45, 7) is 4.41. The number of halogens is 2. The molecule has 0 bridgehead atoms. The third-order valence-electron chi connectivity index (χ3n) is 4.73. The van der Waals surface area contributed by atoms with Gasteiger partial charge in [0.05, 0.1) is 29.3 Å². The fraction of sp³-hybridized carbons (Fsp3) is 0.316. The van der Waals surface area contributed by atoms with Gasteiger partial charge in [0.25, 0.3) is 5.91 Å². The number of hydrogen-bond donors (Lipinski definition) is 3. The third kappa shape index (κ3) is 4.46. The van der Waals surface area contributed by atoms with Crippen molar-refractivity contribution in [3.63, 3.8) is 0 Å². The predicted molar refractivity (Wildman–Crippen MR) is 116 cm³/mol. The Bertz CT molecular complexity index is 1070. The van der Waals surface area contributed by atoms with Crippen LogP contribution in [0.4, 0.5) is 21.6 Å². The number of carbonyl (C=O) groups is 1. The molecular formula is C19H20ClFN6O2S. The van der Waals surface area contributed by atoms with Crippen LogP contribution in [0.5, 0.6) is 0 Å². The first-order chi connectivity index (χ1) is 14.5. The van der Waals surface area contributed by atoms with E-state index in [-0.39, 0.29) is 10.9 Å². The number of morpholine rings is 1. The van der Waals surface area contributed by atoms with Gasteiger partial charge < -0.3 is 21.1 Å². The maximum atomic E-state index is 13.4. The highest BCUT2D eigenvalue weighted by Gasteiger charge is 2.21. The molecule has 0 radical (unpaired) electrons. The largest absolute Gasteiger partial charge is 0.397 e. The summed E-state index contributed by atoms with van der Waals surface area (Å²) in [7, 11) is 0. The van der Waals surface area contributed by atoms with Crippen molar-refractivity contribution in [3.05, 3.63) is 40.2 Å². The van der Waals surface area contributed by atoms with Gasteiger partial charge in [0.2, 0.25) is 0 Å². The lowest BCUT2D eigenvalue weighted by Crippen LogP contribution is -2.41. The van der Waals surface area contributed by atoms with Crippen LogP contribution < -0.4 is 16.4 Å². The molecule has 8 nitrogen and oxygen atoms in total. The average Bonchev–Trinajstić information content (AvgIpc) is 3.09. The Labute approximate surface area is 181 Å². The molecule has 1 amide bonds. The lowest BCUT2D eigenvalue weighted by atomic mass is 10.2. The first kappa shape index (κ1) is 20.7. The summed E-state index contributed by atoms with van der Waals surface area (Å²) < 4.78 is 18.7. The number of nitrogen functional groups attached to an aromatic ring is 1. The molecule has 1 aliphatic heterocycles. The molecule has 3 heterocycles. The maximum absolute atomic E-state index is 13.4. The van der Waals surface area contributed by atoms with Gasteiger partial charge in [-0.05, 0) is 18.2 Å².